The molecule has 0 radical (unpaired) electrons. The van der Waals surface area contributed by atoms with Gasteiger partial charge in [0.1, 0.15) is 0 Å². The number of hydrogen-bond acceptors (Lipinski definition) is 4. The molecule has 1 aromatic heterocycles. The molecular formula is C8H15N3O. The van der Waals surface area contributed by atoms with E-state index in [1.54, 1.807) is 26.4 Å². The summed E-state index contributed by atoms with van der Waals surface area (Å²) in [5, 5.41) is 2.80. The summed E-state index contributed by atoms with van der Waals surface area (Å²) in [4.78, 5) is 7.87. The molecule has 4 heteroatoms. The Morgan fingerprint density at radius 1 is 1.42 bits per heavy atom. The van der Waals surface area contributed by atoms with Crippen LogP contribution in [-0.2, 0) is 0 Å². The van der Waals surface area contributed by atoms with Gasteiger partial charge in [0, 0.05) is 19.3 Å². The molecule has 0 fully saturated rings. The van der Waals surface area contributed by atoms with Crippen molar-refractivity contribution in [2.24, 2.45) is 0 Å². The molecule has 0 bridgehead atoms. The molecule has 0 atom stereocenters. The van der Waals surface area contributed by atoms with E-state index < -0.39 is 0 Å². The first-order valence-corrected chi connectivity index (χ1v) is 3.91. The molecule has 0 aromatic carbocycles. The third-order valence-electron chi connectivity index (χ3n) is 1.06. The second-order valence-electron chi connectivity index (χ2n) is 1.67. The van der Waals surface area contributed by atoms with Crippen LogP contribution in [0, 0.1) is 0 Å². The van der Waals surface area contributed by atoms with Crippen molar-refractivity contribution in [3.05, 3.63) is 12.3 Å². The summed E-state index contributed by atoms with van der Waals surface area (Å²) in [6, 6.07) is 1.70. The molecule has 0 aliphatic heterocycles. The molecule has 4 nitrogen and oxygen atoms in total. The van der Waals surface area contributed by atoms with Crippen LogP contribution in [-0.4, -0.2) is 24.1 Å². The second-order valence-corrected chi connectivity index (χ2v) is 1.67. The van der Waals surface area contributed by atoms with Crippen LogP contribution in [0.25, 0.3) is 0 Å². The minimum Gasteiger partial charge on any atom is -0.481 e. The minimum absolute atomic E-state index is 0.569. The molecular weight excluding hydrogens is 154 g/mol. The molecule has 0 unspecified atom stereocenters. The van der Waals surface area contributed by atoms with E-state index in [0.29, 0.717) is 11.8 Å². The lowest BCUT2D eigenvalue weighted by molar-refractivity contribution is 0.397. The van der Waals surface area contributed by atoms with Crippen molar-refractivity contribution >= 4 is 5.95 Å². The molecule has 1 aromatic rings. The molecule has 1 heterocycles. The maximum absolute atomic E-state index is 4.87. The Morgan fingerprint density at radius 2 is 2.08 bits per heavy atom. The monoisotopic (exact) mass is 169 g/mol. The van der Waals surface area contributed by atoms with Gasteiger partial charge in [0.15, 0.2) is 0 Å². The number of hydrogen-bond donors (Lipinski definition) is 1. The standard InChI is InChI=1S/C6H9N3O.C2H6/c1-7-6-8-4-3-5(9-6)10-2;1-2/h3-4H,1-2H3,(H,7,8,9);1-2H3. The van der Waals surface area contributed by atoms with Crippen LogP contribution < -0.4 is 10.1 Å². The van der Waals surface area contributed by atoms with Gasteiger partial charge in [-0.15, -0.1) is 0 Å². The maximum atomic E-state index is 4.87. The molecule has 0 amide bonds. The lowest BCUT2D eigenvalue weighted by Crippen LogP contribution is -1.96. The van der Waals surface area contributed by atoms with Gasteiger partial charge in [0.25, 0.3) is 0 Å². The molecule has 1 N–H and O–H groups in total. The van der Waals surface area contributed by atoms with Crippen molar-refractivity contribution in [1.82, 2.24) is 9.97 Å². The SMILES string of the molecule is CC.CNc1nccc(OC)n1. The van der Waals surface area contributed by atoms with Gasteiger partial charge in [-0.1, -0.05) is 13.8 Å². The van der Waals surface area contributed by atoms with E-state index in [1.807, 2.05) is 13.8 Å². The summed E-state index contributed by atoms with van der Waals surface area (Å²) in [6.07, 6.45) is 1.64. The predicted molar refractivity (Wildman–Crippen MR) is 49.5 cm³/mol. The van der Waals surface area contributed by atoms with E-state index in [9.17, 15) is 0 Å². The summed E-state index contributed by atoms with van der Waals surface area (Å²) in [5.41, 5.74) is 0. The van der Waals surface area contributed by atoms with Crippen LogP contribution in [0.1, 0.15) is 13.8 Å². The number of rotatable bonds is 2. The van der Waals surface area contributed by atoms with Gasteiger partial charge < -0.3 is 10.1 Å². The van der Waals surface area contributed by atoms with Gasteiger partial charge in [-0.05, 0) is 0 Å². The van der Waals surface area contributed by atoms with Crippen molar-refractivity contribution in [3.8, 4) is 5.88 Å². The van der Waals surface area contributed by atoms with Gasteiger partial charge in [0.05, 0.1) is 7.11 Å². The van der Waals surface area contributed by atoms with Crippen LogP contribution >= 0.6 is 0 Å². The summed E-state index contributed by atoms with van der Waals surface area (Å²) < 4.78 is 4.87. The minimum atomic E-state index is 0.569. The van der Waals surface area contributed by atoms with Crippen molar-refractivity contribution in [3.63, 3.8) is 0 Å². The first-order valence-electron chi connectivity index (χ1n) is 3.91. The zero-order valence-corrected chi connectivity index (χ0v) is 7.96. The number of anilines is 1. The first kappa shape index (κ1) is 10.7. The van der Waals surface area contributed by atoms with Crippen molar-refractivity contribution in [1.29, 1.82) is 0 Å². The highest BCUT2D eigenvalue weighted by Crippen LogP contribution is 2.05. The third-order valence-corrected chi connectivity index (χ3v) is 1.06. The van der Waals surface area contributed by atoms with Crippen LogP contribution in [0.5, 0.6) is 5.88 Å². The molecule has 68 valence electrons. The highest BCUT2D eigenvalue weighted by atomic mass is 16.5. The number of aromatic nitrogens is 2. The number of nitrogens with one attached hydrogen (secondary N) is 1. The summed E-state index contributed by atoms with van der Waals surface area (Å²) >= 11 is 0. The summed E-state index contributed by atoms with van der Waals surface area (Å²) in [7, 11) is 3.33. The average Bonchev–Trinajstić information content (AvgIpc) is 2.21. The zero-order chi connectivity index (χ0) is 9.40. The number of nitrogens with zero attached hydrogens (tertiary/aromatic N) is 2. The van der Waals surface area contributed by atoms with Gasteiger partial charge in [-0.3, -0.25) is 0 Å². The largest absolute Gasteiger partial charge is 0.481 e. The quantitative estimate of drug-likeness (QED) is 0.729. The maximum Gasteiger partial charge on any atom is 0.225 e. The average molecular weight is 169 g/mol. The Kier molecular flexibility index (Phi) is 5.69. The molecule has 0 saturated heterocycles. The Hall–Kier alpha value is -1.32. The van der Waals surface area contributed by atoms with E-state index >= 15 is 0 Å². The van der Waals surface area contributed by atoms with E-state index in [-0.39, 0.29) is 0 Å². The molecule has 0 aliphatic rings. The zero-order valence-electron chi connectivity index (χ0n) is 7.96. The Bertz CT molecular complexity index is 196. The highest BCUT2D eigenvalue weighted by molar-refractivity contribution is 5.25. The Morgan fingerprint density at radius 3 is 2.58 bits per heavy atom. The highest BCUT2D eigenvalue weighted by Gasteiger charge is 1.93. The van der Waals surface area contributed by atoms with Crippen LogP contribution in [0.2, 0.25) is 0 Å². The van der Waals surface area contributed by atoms with Crippen molar-refractivity contribution < 1.29 is 4.74 Å². The topological polar surface area (TPSA) is 47.0 Å². The van der Waals surface area contributed by atoms with Gasteiger partial charge >= 0.3 is 0 Å². The molecule has 0 aliphatic carbocycles. The third kappa shape index (κ3) is 3.18. The van der Waals surface area contributed by atoms with Gasteiger partial charge in [-0.2, -0.15) is 4.98 Å². The number of methoxy groups -OCH3 is 1. The normalized spacial score (nSPS) is 8.00. The van der Waals surface area contributed by atoms with Crippen LogP contribution in [0.15, 0.2) is 12.3 Å². The fourth-order valence-corrected chi connectivity index (χ4v) is 0.576. The molecule has 1 rings (SSSR count). The van der Waals surface area contributed by atoms with E-state index in [4.69, 9.17) is 4.74 Å². The fraction of sp³-hybridized carbons (Fsp3) is 0.500. The Balaban J connectivity index is 0.000000561. The fourth-order valence-electron chi connectivity index (χ4n) is 0.576. The first-order chi connectivity index (χ1) is 5.86. The van der Waals surface area contributed by atoms with Crippen molar-refractivity contribution in [2.75, 3.05) is 19.5 Å². The predicted octanol–water partition coefficient (Wildman–Crippen LogP) is 1.55. The van der Waals surface area contributed by atoms with Gasteiger partial charge in [-0.25, -0.2) is 4.98 Å². The Labute approximate surface area is 73.0 Å². The van der Waals surface area contributed by atoms with Crippen LogP contribution in [0.4, 0.5) is 5.95 Å². The molecule has 12 heavy (non-hydrogen) atoms. The molecule has 0 saturated carbocycles. The molecule has 0 spiro atoms. The lowest BCUT2D eigenvalue weighted by atomic mass is 10.6. The van der Waals surface area contributed by atoms with E-state index in [0.717, 1.165) is 0 Å². The van der Waals surface area contributed by atoms with Gasteiger partial charge in [0.2, 0.25) is 11.8 Å². The lowest BCUT2D eigenvalue weighted by Gasteiger charge is -1.99. The summed E-state index contributed by atoms with van der Waals surface area (Å²) in [5.74, 6) is 1.14. The summed E-state index contributed by atoms with van der Waals surface area (Å²) in [6.45, 7) is 4.00. The number of ether oxygens (including phenoxy) is 1. The smallest absolute Gasteiger partial charge is 0.225 e. The van der Waals surface area contributed by atoms with E-state index in [1.165, 1.54) is 0 Å². The van der Waals surface area contributed by atoms with Crippen LogP contribution in [0.3, 0.4) is 0 Å². The second kappa shape index (κ2) is 6.39. The van der Waals surface area contributed by atoms with E-state index in [2.05, 4.69) is 15.3 Å². The van der Waals surface area contributed by atoms with Crippen molar-refractivity contribution in [2.45, 2.75) is 13.8 Å².